The number of aryl methyl sites for hydroxylation is 1. The van der Waals surface area contributed by atoms with Gasteiger partial charge >= 0.3 is 5.91 Å². The molecule has 0 saturated carbocycles. The Balaban J connectivity index is 2.03. The molecular weight excluding hydrogens is 304 g/mol. The van der Waals surface area contributed by atoms with Crippen molar-refractivity contribution < 1.29 is 8.91 Å². The molecule has 0 unspecified atom stereocenters. The first-order valence-electron chi connectivity index (χ1n) is 9.33. The van der Waals surface area contributed by atoms with Gasteiger partial charge in [0.1, 0.15) is 19.1 Å². The fourth-order valence-corrected chi connectivity index (χ4v) is 3.13. The van der Waals surface area contributed by atoms with Crippen molar-refractivity contribution in [3.63, 3.8) is 0 Å². The average Bonchev–Trinajstić information content (AvgIpc) is 2.87. The molecule has 1 saturated heterocycles. The maximum absolute atomic E-state index is 12.2. The van der Waals surface area contributed by atoms with Crippen LogP contribution in [0.3, 0.4) is 0 Å². The second kappa shape index (κ2) is 6.48. The number of aromatic nitrogens is 3. The van der Waals surface area contributed by atoms with Gasteiger partial charge in [-0.05, 0) is 25.3 Å². The van der Waals surface area contributed by atoms with E-state index in [1.54, 1.807) is 23.8 Å². The molecule has 7 nitrogen and oxygen atoms in total. The zero-order chi connectivity index (χ0) is 19.9. The van der Waals surface area contributed by atoms with Gasteiger partial charge in [0.05, 0.1) is 12.8 Å². The molecule has 0 bridgehead atoms. The number of carbonyl (C=O) groups excluding carboxylic acids is 1. The van der Waals surface area contributed by atoms with Crippen molar-refractivity contribution in [2.24, 2.45) is 5.89 Å². The molecule has 7 heteroatoms. The normalized spacial score (nSPS) is 25.7. The van der Waals surface area contributed by atoms with Gasteiger partial charge in [-0.15, -0.1) is 0 Å². The van der Waals surface area contributed by atoms with Gasteiger partial charge in [0.25, 0.3) is 6.54 Å². The lowest BCUT2D eigenvalue weighted by molar-refractivity contribution is -0.130. The Hall–Kier alpha value is -2.62. The minimum Gasteiger partial charge on any atom is -0.354 e. The number of hydrogen-bond acceptors (Lipinski definition) is 4. The summed E-state index contributed by atoms with van der Waals surface area (Å²) in [4.78, 5) is 30.0. The molecule has 1 aliphatic rings. The van der Waals surface area contributed by atoms with Crippen LogP contribution in [-0.2, 0) is 4.79 Å². The van der Waals surface area contributed by atoms with Crippen LogP contribution in [0, 0.1) is 19.4 Å². The number of fused-ring (bicyclic) bond motifs is 1. The van der Waals surface area contributed by atoms with Crippen LogP contribution in [0.15, 0.2) is 12.3 Å². The Bertz CT molecular complexity index is 935. The van der Waals surface area contributed by atoms with Gasteiger partial charge < -0.3 is 19.6 Å². The van der Waals surface area contributed by atoms with Crippen molar-refractivity contribution >= 4 is 22.8 Å². The van der Waals surface area contributed by atoms with Crippen molar-refractivity contribution in [3.05, 3.63) is 29.5 Å². The fraction of sp³-hybridized carbons (Fsp3) is 0.529. The number of likely N-dealkylation sites (tertiary alicyclic amines) is 1. The van der Waals surface area contributed by atoms with Crippen LogP contribution in [-0.4, -0.2) is 58.5 Å². The third-order valence-corrected chi connectivity index (χ3v) is 4.50. The average molecular weight is 329 g/mol. The molecule has 1 fully saturated rings. The van der Waals surface area contributed by atoms with Crippen molar-refractivity contribution in [3.8, 4) is 0 Å². The number of rotatable bonds is 3. The highest BCUT2D eigenvalue weighted by Crippen LogP contribution is 2.29. The van der Waals surface area contributed by atoms with Crippen LogP contribution >= 0.6 is 0 Å². The summed E-state index contributed by atoms with van der Waals surface area (Å²) in [6.45, 7) is 11.0. The number of nitrogens with one attached hydrogen (secondary N) is 1. The largest absolute Gasteiger partial charge is 0.354 e. The van der Waals surface area contributed by atoms with Gasteiger partial charge in [0.15, 0.2) is 0 Å². The molecule has 1 amide bonds. The van der Waals surface area contributed by atoms with Gasteiger partial charge in [-0.3, -0.25) is 4.79 Å². The number of amides is 1. The second-order valence-corrected chi connectivity index (χ2v) is 6.12. The van der Waals surface area contributed by atoms with Gasteiger partial charge in [-0.1, -0.05) is 6.92 Å². The topological polar surface area (TPSA) is 69.5 Å². The maximum Gasteiger partial charge on any atom is 0.302 e. The lowest BCUT2D eigenvalue weighted by atomic mass is 9.92. The van der Waals surface area contributed by atoms with Crippen LogP contribution < -0.4 is 4.90 Å². The monoisotopic (exact) mass is 329 g/mol. The lowest BCUT2D eigenvalue weighted by Crippen LogP contribution is -2.53. The van der Waals surface area contributed by atoms with E-state index in [9.17, 15) is 4.79 Å². The summed E-state index contributed by atoms with van der Waals surface area (Å²) in [7, 11) is 1.77. The number of aromatic amines is 1. The van der Waals surface area contributed by atoms with Crippen LogP contribution in [0.4, 0.5) is 5.82 Å². The number of H-pyrrole nitrogens is 1. The Morgan fingerprint density at radius 1 is 1.67 bits per heavy atom. The van der Waals surface area contributed by atoms with Crippen LogP contribution in [0.2, 0.25) is 0 Å². The summed E-state index contributed by atoms with van der Waals surface area (Å²) in [6.07, 6.45) is 0.294. The highest BCUT2D eigenvalue weighted by molar-refractivity contribution is 5.88. The molecule has 3 rings (SSSR count). The molecular formula is C17H22N6O. The van der Waals surface area contributed by atoms with Crippen molar-refractivity contribution in [1.29, 1.82) is 0 Å². The smallest absolute Gasteiger partial charge is 0.302 e. The molecule has 2 aromatic heterocycles. The summed E-state index contributed by atoms with van der Waals surface area (Å²) in [5, 5.41) is 0.506. The molecule has 0 spiro atoms. The Morgan fingerprint density at radius 3 is 3.21 bits per heavy atom. The van der Waals surface area contributed by atoms with Gasteiger partial charge in [0.2, 0.25) is 0 Å². The van der Waals surface area contributed by atoms with Gasteiger partial charge in [0, 0.05) is 27.2 Å². The highest BCUT2D eigenvalue weighted by Gasteiger charge is 2.33. The molecule has 0 radical (unpaired) electrons. The van der Waals surface area contributed by atoms with E-state index in [2.05, 4.69) is 19.8 Å². The van der Waals surface area contributed by atoms with Crippen LogP contribution in [0.1, 0.15) is 23.2 Å². The van der Waals surface area contributed by atoms with Crippen LogP contribution in [0.25, 0.3) is 15.9 Å². The Morgan fingerprint density at radius 2 is 2.46 bits per heavy atom. The summed E-state index contributed by atoms with van der Waals surface area (Å²) >= 11 is 0. The predicted molar refractivity (Wildman–Crippen MR) is 92.6 cm³/mol. The summed E-state index contributed by atoms with van der Waals surface area (Å²) in [5.41, 5.74) is 1.05. The molecule has 1 N–H and O–H groups in total. The van der Waals surface area contributed by atoms with Gasteiger partial charge in [-0.2, -0.15) is 0 Å². The quantitative estimate of drug-likeness (QED) is 0.873. The first kappa shape index (κ1) is 12.8. The minimum absolute atomic E-state index is 0.172. The maximum atomic E-state index is 12.2. The molecule has 3 heterocycles. The van der Waals surface area contributed by atoms with E-state index in [0.29, 0.717) is 42.1 Å². The Labute approximate surface area is 145 Å². The SMILES string of the molecule is [2H]c1nc(N(C)[C@H]2CN(C(=O)C[N+]#[C-])CC[C@@]2([2H])C)c2c([2H])c(C)[nH]c2n1. The van der Waals surface area contributed by atoms with E-state index in [1.807, 2.05) is 6.92 Å². The van der Waals surface area contributed by atoms with Crippen molar-refractivity contribution in [2.75, 3.05) is 31.6 Å². The molecule has 0 aliphatic carbocycles. The van der Waals surface area contributed by atoms with Crippen LogP contribution in [0.5, 0.6) is 0 Å². The lowest BCUT2D eigenvalue weighted by Gasteiger charge is -2.41. The second-order valence-electron chi connectivity index (χ2n) is 6.12. The number of carbonyl (C=O) groups is 1. The summed E-state index contributed by atoms with van der Waals surface area (Å²) in [5.74, 6) is -0.690. The highest BCUT2D eigenvalue weighted by atomic mass is 16.2. The van der Waals surface area contributed by atoms with E-state index in [-0.39, 0.29) is 24.8 Å². The number of nitrogens with zero attached hydrogens (tertiary/aromatic N) is 5. The van der Waals surface area contributed by atoms with Gasteiger partial charge in [-0.25, -0.2) is 16.5 Å². The standard InChI is InChI=1S/C17H22N6O/c1-11-5-6-23(15(24)8-18-3)9-14(11)22(4)17-13-7-12(2)21-16(13)19-10-20-17/h7,10-11,14H,5-6,8-9H2,1-2,4H3,(H,19,20,21)/t11-,14+/m1/s1/i7D,10D,11D. The number of hydrogen-bond donors (Lipinski definition) is 1. The first-order valence-corrected chi connectivity index (χ1v) is 7.83. The molecule has 0 aromatic carbocycles. The van der Waals surface area contributed by atoms with E-state index in [0.717, 1.165) is 0 Å². The molecule has 126 valence electrons. The fourth-order valence-electron chi connectivity index (χ4n) is 3.13. The minimum atomic E-state index is -0.851. The van der Waals surface area contributed by atoms with Crippen molar-refractivity contribution in [2.45, 2.75) is 26.3 Å². The zero-order valence-corrected chi connectivity index (χ0v) is 14.1. The van der Waals surface area contributed by atoms with E-state index < -0.39 is 11.9 Å². The first-order chi connectivity index (χ1) is 12.7. The zero-order valence-electron chi connectivity index (χ0n) is 17.1. The molecule has 1 aliphatic heterocycles. The molecule has 2 atom stereocenters. The third-order valence-electron chi connectivity index (χ3n) is 4.50. The molecule has 2 aromatic rings. The van der Waals surface area contributed by atoms with E-state index in [1.165, 1.54) is 0 Å². The molecule has 24 heavy (non-hydrogen) atoms. The predicted octanol–water partition coefficient (Wildman–Crippen LogP) is 1.86. The van der Waals surface area contributed by atoms with E-state index in [4.69, 9.17) is 10.7 Å². The summed E-state index contributed by atoms with van der Waals surface area (Å²) in [6, 6.07) is -0.136. The summed E-state index contributed by atoms with van der Waals surface area (Å²) < 4.78 is 24.9. The van der Waals surface area contributed by atoms with E-state index >= 15 is 0 Å². The number of likely N-dealkylation sites (N-methyl/N-ethyl adjacent to an activating group) is 1. The number of piperidine rings is 1. The number of anilines is 1. The Kier molecular flexibility index (Phi) is 3.44. The van der Waals surface area contributed by atoms with Crippen molar-refractivity contribution in [1.82, 2.24) is 19.9 Å². The third kappa shape index (κ3) is 2.92.